The molecule has 0 aliphatic carbocycles. The van der Waals surface area contributed by atoms with Gasteiger partial charge in [-0.3, -0.25) is 9.59 Å². The van der Waals surface area contributed by atoms with Crippen LogP contribution in [-0.4, -0.2) is 38.0 Å². The molecule has 0 saturated carbocycles. The van der Waals surface area contributed by atoms with Crippen molar-refractivity contribution in [2.75, 3.05) is 14.2 Å². The van der Waals surface area contributed by atoms with Crippen LogP contribution in [0.15, 0.2) is 28.4 Å². The van der Waals surface area contributed by atoms with Gasteiger partial charge in [-0.25, -0.2) is 10.9 Å². The van der Waals surface area contributed by atoms with Crippen LogP contribution < -0.4 is 20.3 Å². The van der Waals surface area contributed by atoms with Crippen molar-refractivity contribution in [2.45, 2.75) is 12.8 Å². The second-order valence-electron chi connectivity index (χ2n) is 4.44. The lowest BCUT2D eigenvalue weighted by molar-refractivity contribution is -0.119. The highest BCUT2D eigenvalue weighted by Crippen LogP contribution is 2.29. The van der Waals surface area contributed by atoms with E-state index >= 15 is 0 Å². The third-order valence-electron chi connectivity index (χ3n) is 2.89. The summed E-state index contributed by atoms with van der Waals surface area (Å²) in [5.41, 5.74) is 5.81. The minimum Gasteiger partial charge on any atom is -0.493 e. The van der Waals surface area contributed by atoms with E-state index in [-0.39, 0.29) is 24.7 Å². The Balaban J connectivity index is 1.95. The first kappa shape index (κ1) is 15.5. The molecule has 0 spiro atoms. The predicted molar refractivity (Wildman–Crippen MR) is 80.1 cm³/mol. The lowest BCUT2D eigenvalue weighted by Gasteiger charge is -2.09. The zero-order valence-electron chi connectivity index (χ0n) is 12.3. The lowest BCUT2D eigenvalue weighted by atomic mass is 10.2. The fourth-order valence-corrected chi connectivity index (χ4v) is 1.92. The number of hydrazone groups is 2. The van der Waals surface area contributed by atoms with Crippen LogP contribution in [0.4, 0.5) is 0 Å². The van der Waals surface area contributed by atoms with Gasteiger partial charge in [0.05, 0.1) is 39.0 Å². The van der Waals surface area contributed by atoms with Gasteiger partial charge in [-0.15, -0.1) is 0 Å². The maximum absolute atomic E-state index is 11.7. The Hall–Kier alpha value is -2.90. The third-order valence-corrected chi connectivity index (χ3v) is 2.89. The van der Waals surface area contributed by atoms with Crippen LogP contribution in [0.1, 0.15) is 18.4 Å². The Bertz CT molecular complexity index is 640. The van der Waals surface area contributed by atoms with Crippen molar-refractivity contribution in [3.8, 4) is 11.5 Å². The van der Waals surface area contributed by atoms with E-state index in [9.17, 15) is 9.59 Å². The smallest absolute Gasteiger partial charge is 0.245 e. The van der Waals surface area contributed by atoms with Crippen LogP contribution in [-0.2, 0) is 9.59 Å². The summed E-state index contributed by atoms with van der Waals surface area (Å²) in [5.74, 6) is 0.529. The number of benzene rings is 1. The number of carbonyl (C=O) groups is 2. The van der Waals surface area contributed by atoms with E-state index in [0.29, 0.717) is 22.8 Å². The number of methoxy groups -OCH3 is 2. The molecule has 0 unspecified atom stereocenters. The maximum Gasteiger partial charge on any atom is 0.245 e. The summed E-state index contributed by atoms with van der Waals surface area (Å²) in [7, 11) is 3.06. The summed E-state index contributed by atoms with van der Waals surface area (Å²) >= 11 is 0. The standard InChI is InChI=1S/C14H16N4O4/c1-21-11-5-3-4-9(14(11)22-2)8-15-17-12(19)6-10-7-13(20)18-16-10/h3-5,8H,6-7H2,1-2H3,(H,17,19)(H,18,20)/b15-8-. The largest absolute Gasteiger partial charge is 0.493 e. The van der Waals surface area contributed by atoms with Gasteiger partial charge in [0.25, 0.3) is 0 Å². The Kier molecular flexibility index (Phi) is 5.07. The Morgan fingerprint density at radius 2 is 2.27 bits per heavy atom. The first-order chi connectivity index (χ1) is 10.6. The number of nitrogens with one attached hydrogen (secondary N) is 2. The van der Waals surface area contributed by atoms with E-state index in [1.807, 2.05) is 0 Å². The first-order valence-corrected chi connectivity index (χ1v) is 6.51. The van der Waals surface area contributed by atoms with Crippen molar-refractivity contribution in [1.82, 2.24) is 10.9 Å². The van der Waals surface area contributed by atoms with Gasteiger partial charge in [0, 0.05) is 5.56 Å². The molecule has 1 aromatic rings. The highest BCUT2D eigenvalue weighted by molar-refractivity contribution is 6.11. The van der Waals surface area contributed by atoms with Crippen LogP contribution in [0, 0.1) is 0 Å². The molecular weight excluding hydrogens is 288 g/mol. The van der Waals surface area contributed by atoms with Crippen molar-refractivity contribution >= 4 is 23.7 Å². The van der Waals surface area contributed by atoms with Gasteiger partial charge in [0.2, 0.25) is 11.8 Å². The van der Waals surface area contributed by atoms with Gasteiger partial charge in [0.1, 0.15) is 0 Å². The average molecular weight is 304 g/mol. The van der Waals surface area contributed by atoms with Crippen LogP contribution in [0.3, 0.4) is 0 Å². The molecular formula is C14H16N4O4. The van der Waals surface area contributed by atoms with E-state index < -0.39 is 0 Å². The molecule has 1 aliphatic rings. The predicted octanol–water partition coefficient (Wildman–Crippen LogP) is 0.420. The number of rotatable bonds is 6. The maximum atomic E-state index is 11.7. The quantitative estimate of drug-likeness (QED) is 0.587. The molecule has 22 heavy (non-hydrogen) atoms. The molecule has 1 aromatic carbocycles. The lowest BCUT2D eigenvalue weighted by Crippen LogP contribution is -2.20. The summed E-state index contributed by atoms with van der Waals surface area (Å²) in [6.45, 7) is 0. The van der Waals surface area contributed by atoms with E-state index in [4.69, 9.17) is 9.47 Å². The Morgan fingerprint density at radius 3 is 2.91 bits per heavy atom. The molecule has 2 amide bonds. The number of nitrogens with zero attached hydrogens (tertiary/aromatic N) is 2. The number of amides is 2. The van der Waals surface area contributed by atoms with Crippen LogP contribution in [0.5, 0.6) is 11.5 Å². The van der Waals surface area contributed by atoms with Gasteiger partial charge in [-0.05, 0) is 12.1 Å². The van der Waals surface area contributed by atoms with Crippen LogP contribution >= 0.6 is 0 Å². The summed E-state index contributed by atoms with van der Waals surface area (Å²) in [5, 5.41) is 7.61. The fraction of sp³-hybridized carbons (Fsp3) is 0.286. The minimum absolute atomic E-state index is 0.0192. The molecule has 0 saturated heterocycles. The summed E-state index contributed by atoms with van der Waals surface area (Å²) in [6, 6.07) is 5.33. The van der Waals surface area contributed by atoms with Crippen LogP contribution in [0.2, 0.25) is 0 Å². The highest BCUT2D eigenvalue weighted by atomic mass is 16.5. The summed E-state index contributed by atoms with van der Waals surface area (Å²) in [4.78, 5) is 22.6. The van der Waals surface area contributed by atoms with Gasteiger partial charge in [0.15, 0.2) is 11.5 Å². The van der Waals surface area contributed by atoms with E-state index in [1.54, 1.807) is 18.2 Å². The summed E-state index contributed by atoms with van der Waals surface area (Å²) < 4.78 is 10.4. The molecule has 1 heterocycles. The summed E-state index contributed by atoms with van der Waals surface area (Å²) in [6.07, 6.45) is 1.62. The van der Waals surface area contributed by atoms with Gasteiger partial charge < -0.3 is 9.47 Å². The second-order valence-corrected chi connectivity index (χ2v) is 4.44. The Labute approximate surface area is 127 Å². The number of ether oxygens (including phenoxy) is 2. The number of para-hydroxylation sites is 1. The third kappa shape index (κ3) is 3.81. The van der Waals surface area contributed by atoms with Crippen molar-refractivity contribution < 1.29 is 19.1 Å². The molecule has 0 fully saturated rings. The monoisotopic (exact) mass is 304 g/mol. The fourth-order valence-electron chi connectivity index (χ4n) is 1.92. The molecule has 0 radical (unpaired) electrons. The van der Waals surface area contributed by atoms with E-state index in [2.05, 4.69) is 21.1 Å². The van der Waals surface area contributed by atoms with Crippen molar-refractivity contribution in [3.05, 3.63) is 23.8 Å². The van der Waals surface area contributed by atoms with Crippen molar-refractivity contribution in [2.24, 2.45) is 10.2 Å². The topological polar surface area (TPSA) is 101 Å². The molecule has 0 bridgehead atoms. The number of carbonyl (C=O) groups excluding carboxylic acids is 2. The highest BCUT2D eigenvalue weighted by Gasteiger charge is 2.17. The minimum atomic E-state index is -0.353. The SMILES string of the molecule is COc1cccc(/C=N\NC(=O)CC2=NNC(=O)C2)c1OC. The molecule has 0 aromatic heterocycles. The molecule has 0 atom stereocenters. The second kappa shape index (κ2) is 7.21. The zero-order valence-corrected chi connectivity index (χ0v) is 12.3. The van der Waals surface area contributed by atoms with Gasteiger partial charge >= 0.3 is 0 Å². The molecule has 2 N–H and O–H groups in total. The molecule has 1 aliphatic heterocycles. The van der Waals surface area contributed by atoms with Crippen molar-refractivity contribution in [1.29, 1.82) is 0 Å². The molecule has 8 heteroatoms. The molecule has 116 valence electrons. The van der Waals surface area contributed by atoms with E-state index in [0.717, 1.165) is 0 Å². The average Bonchev–Trinajstić information content (AvgIpc) is 2.91. The van der Waals surface area contributed by atoms with Gasteiger partial charge in [-0.1, -0.05) is 6.07 Å². The number of hydrogen-bond acceptors (Lipinski definition) is 6. The molecule has 2 rings (SSSR count). The number of hydrogen-bond donors (Lipinski definition) is 2. The Morgan fingerprint density at radius 1 is 1.45 bits per heavy atom. The van der Waals surface area contributed by atoms with E-state index in [1.165, 1.54) is 20.4 Å². The van der Waals surface area contributed by atoms with Gasteiger partial charge in [-0.2, -0.15) is 10.2 Å². The molecule has 8 nitrogen and oxygen atoms in total. The first-order valence-electron chi connectivity index (χ1n) is 6.51. The zero-order chi connectivity index (χ0) is 15.9. The van der Waals surface area contributed by atoms with Crippen molar-refractivity contribution in [3.63, 3.8) is 0 Å². The van der Waals surface area contributed by atoms with Crippen LogP contribution in [0.25, 0.3) is 0 Å². The normalized spacial score (nSPS) is 13.7.